The minimum Gasteiger partial charge on any atom is -0.465 e. The number of nitriles is 1. The summed E-state index contributed by atoms with van der Waals surface area (Å²) in [4.78, 5) is 36.1. The van der Waals surface area contributed by atoms with E-state index in [0.29, 0.717) is 28.5 Å². The fourth-order valence-electron chi connectivity index (χ4n) is 4.46. The number of non-ortho nitro benzene ring substituents is 1. The van der Waals surface area contributed by atoms with Crippen molar-refractivity contribution < 1.29 is 24.0 Å². The van der Waals surface area contributed by atoms with Crippen LogP contribution in [0.5, 0.6) is 0 Å². The van der Waals surface area contributed by atoms with Gasteiger partial charge in [0, 0.05) is 23.1 Å². The summed E-state index contributed by atoms with van der Waals surface area (Å²) in [6, 6.07) is 10.0. The van der Waals surface area contributed by atoms with Crippen LogP contribution in [0, 0.1) is 21.4 Å². The topological polar surface area (TPSA) is 150 Å². The smallest absolute Gasteiger partial charge is 0.357 e. The summed E-state index contributed by atoms with van der Waals surface area (Å²) in [6.07, 6.45) is 3.43. The van der Waals surface area contributed by atoms with Gasteiger partial charge in [-0.15, -0.1) is 0 Å². The summed E-state index contributed by atoms with van der Waals surface area (Å²) in [7, 11) is 0. The van der Waals surface area contributed by atoms with Gasteiger partial charge in [0.25, 0.3) is 5.69 Å². The Labute approximate surface area is 214 Å². The molecule has 0 amide bonds. The molecule has 0 aliphatic heterocycles. The van der Waals surface area contributed by atoms with Gasteiger partial charge in [-0.3, -0.25) is 14.9 Å². The zero-order valence-corrected chi connectivity index (χ0v) is 21.2. The van der Waals surface area contributed by atoms with Gasteiger partial charge in [-0.1, -0.05) is 19.8 Å². The van der Waals surface area contributed by atoms with Crippen LogP contribution in [0.15, 0.2) is 30.3 Å². The molecule has 10 nitrogen and oxygen atoms in total. The first-order valence-corrected chi connectivity index (χ1v) is 12.2. The average Bonchev–Trinajstić information content (AvgIpc) is 3.14. The molecule has 0 fully saturated rings. The molecule has 1 heterocycles. The second-order valence-electron chi connectivity index (χ2n) is 8.43. The van der Waals surface area contributed by atoms with Crippen molar-refractivity contribution in [1.29, 1.82) is 5.26 Å². The van der Waals surface area contributed by atoms with Gasteiger partial charge < -0.3 is 19.8 Å². The van der Waals surface area contributed by atoms with E-state index in [4.69, 9.17) is 15.2 Å². The van der Waals surface area contributed by atoms with Gasteiger partial charge in [0.1, 0.15) is 12.6 Å². The molecule has 3 aromatic rings. The number of esters is 2. The van der Waals surface area contributed by atoms with E-state index >= 15 is 0 Å². The maximum atomic E-state index is 12.9. The molecule has 2 aromatic carbocycles. The summed E-state index contributed by atoms with van der Waals surface area (Å²) in [5.41, 5.74) is 9.00. The van der Waals surface area contributed by atoms with Gasteiger partial charge in [-0.05, 0) is 56.0 Å². The lowest BCUT2D eigenvalue weighted by Crippen LogP contribution is -2.20. The number of hydrogen-bond acceptors (Lipinski definition) is 8. The van der Waals surface area contributed by atoms with Crippen LogP contribution in [0.1, 0.15) is 61.6 Å². The van der Waals surface area contributed by atoms with Gasteiger partial charge in [-0.25, -0.2) is 4.79 Å². The van der Waals surface area contributed by atoms with E-state index in [2.05, 4.69) is 13.0 Å². The number of nitro groups is 1. The molecule has 0 unspecified atom stereocenters. The highest BCUT2D eigenvalue weighted by Crippen LogP contribution is 2.40. The molecular formula is C27H30N4O6. The number of nitrogens with zero attached hydrogens (tertiary/aromatic N) is 3. The number of carbonyl (C=O) groups is 2. The van der Waals surface area contributed by atoms with Gasteiger partial charge in [0.2, 0.25) is 0 Å². The highest BCUT2D eigenvalue weighted by Gasteiger charge is 2.28. The maximum absolute atomic E-state index is 12.9. The lowest BCUT2D eigenvalue weighted by molar-refractivity contribution is -0.384. The Morgan fingerprint density at radius 2 is 1.78 bits per heavy atom. The number of nitrogens with two attached hydrogens (primary N) is 1. The zero-order chi connectivity index (χ0) is 27.1. The molecule has 0 aliphatic rings. The number of nitrogen functional groups attached to an aromatic ring is 1. The van der Waals surface area contributed by atoms with Crippen LogP contribution in [-0.4, -0.2) is 34.6 Å². The minimum absolute atomic E-state index is 0.0261. The summed E-state index contributed by atoms with van der Waals surface area (Å²) >= 11 is 0. The first kappa shape index (κ1) is 27.2. The Balaban J connectivity index is 2.40. The van der Waals surface area contributed by atoms with Gasteiger partial charge in [0.15, 0.2) is 5.69 Å². The number of anilines is 1. The number of fused-ring (bicyclic) bond motifs is 1. The SMILES string of the molecule is CCCCCc1cc2c(N)c(C(=O)OCC)n(CC(=O)OCC)c2c(C#N)c1-c1ccc([N+](=O)[O-])cc1. The van der Waals surface area contributed by atoms with Crippen LogP contribution in [-0.2, 0) is 27.2 Å². The Morgan fingerprint density at radius 1 is 1.11 bits per heavy atom. The summed E-state index contributed by atoms with van der Waals surface area (Å²) in [6.45, 7) is 5.30. The van der Waals surface area contributed by atoms with Crippen molar-refractivity contribution in [2.75, 3.05) is 18.9 Å². The van der Waals surface area contributed by atoms with E-state index in [1.165, 1.54) is 16.7 Å². The van der Waals surface area contributed by atoms with Crippen LogP contribution >= 0.6 is 0 Å². The van der Waals surface area contributed by atoms with E-state index in [1.54, 1.807) is 26.0 Å². The van der Waals surface area contributed by atoms with E-state index in [9.17, 15) is 25.0 Å². The van der Waals surface area contributed by atoms with Crippen LogP contribution in [0.2, 0.25) is 0 Å². The molecule has 0 radical (unpaired) electrons. The molecule has 3 rings (SSSR count). The fourth-order valence-corrected chi connectivity index (χ4v) is 4.46. The molecule has 0 aliphatic carbocycles. The highest BCUT2D eigenvalue weighted by molar-refractivity contribution is 6.10. The number of rotatable bonds is 11. The summed E-state index contributed by atoms with van der Waals surface area (Å²) in [5.74, 6) is -1.31. The maximum Gasteiger partial charge on any atom is 0.357 e. The third-order valence-corrected chi connectivity index (χ3v) is 6.06. The van der Waals surface area contributed by atoms with Crippen molar-refractivity contribution in [3.63, 3.8) is 0 Å². The monoisotopic (exact) mass is 506 g/mol. The molecular weight excluding hydrogens is 476 g/mol. The first-order valence-electron chi connectivity index (χ1n) is 12.2. The standard InChI is InChI=1S/C27H30N4O6/c1-4-7-8-9-18-14-20-24(29)26(27(33)37-6-3)30(16-22(32)36-5-2)25(20)21(15-28)23(18)17-10-12-19(13-11-17)31(34)35/h10-14H,4-9,16,29H2,1-3H3. The molecule has 2 N–H and O–H groups in total. The van der Waals surface area contributed by atoms with Gasteiger partial charge in [0.05, 0.1) is 34.9 Å². The molecule has 0 bridgehead atoms. The van der Waals surface area contributed by atoms with Crippen molar-refractivity contribution in [1.82, 2.24) is 4.57 Å². The third-order valence-electron chi connectivity index (χ3n) is 6.06. The fraction of sp³-hybridized carbons (Fsp3) is 0.370. The van der Waals surface area contributed by atoms with Crippen LogP contribution in [0.3, 0.4) is 0 Å². The van der Waals surface area contributed by atoms with Gasteiger partial charge in [-0.2, -0.15) is 5.26 Å². The Hall–Kier alpha value is -4.39. The van der Waals surface area contributed by atoms with Crippen LogP contribution in [0.4, 0.5) is 11.4 Å². The van der Waals surface area contributed by atoms with Crippen molar-refractivity contribution in [3.05, 3.63) is 57.3 Å². The van der Waals surface area contributed by atoms with E-state index in [-0.39, 0.29) is 42.4 Å². The molecule has 0 spiro atoms. The Morgan fingerprint density at radius 3 is 2.35 bits per heavy atom. The van der Waals surface area contributed by atoms with E-state index in [1.807, 2.05) is 6.07 Å². The van der Waals surface area contributed by atoms with Crippen LogP contribution in [0.25, 0.3) is 22.0 Å². The Kier molecular flexibility index (Phi) is 8.85. The molecule has 1 aromatic heterocycles. The molecule has 37 heavy (non-hydrogen) atoms. The predicted molar refractivity (Wildman–Crippen MR) is 139 cm³/mol. The number of hydrogen-bond donors (Lipinski definition) is 1. The molecule has 10 heteroatoms. The van der Waals surface area contributed by atoms with Gasteiger partial charge >= 0.3 is 11.9 Å². The van der Waals surface area contributed by atoms with Crippen molar-refractivity contribution in [2.24, 2.45) is 0 Å². The number of carbonyl (C=O) groups excluding carboxylic acids is 2. The highest BCUT2D eigenvalue weighted by atomic mass is 16.6. The number of nitro benzene ring substituents is 1. The largest absolute Gasteiger partial charge is 0.465 e. The summed E-state index contributed by atoms with van der Waals surface area (Å²) in [5, 5.41) is 22.0. The zero-order valence-electron chi connectivity index (χ0n) is 21.2. The summed E-state index contributed by atoms with van der Waals surface area (Å²) < 4.78 is 11.7. The van der Waals surface area contributed by atoms with Crippen molar-refractivity contribution >= 4 is 34.2 Å². The average molecular weight is 507 g/mol. The number of unbranched alkanes of at least 4 members (excludes halogenated alkanes) is 2. The normalized spacial score (nSPS) is 10.8. The predicted octanol–water partition coefficient (Wildman–Crippen LogP) is 5.14. The van der Waals surface area contributed by atoms with Crippen molar-refractivity contribution in [3.8, 4) is 17.2 Å². The second kappa shape index (κ2) is 12.0. The second-order valence-corrected chi connectivity index (χ2v) is 8.43. The number of aryl methyl sites for hydroxylation is 1. The number of aromatic nitrogens is 1. The first-order chi connectivity index (χ1) is 17.8. The number of benzene rings is 2. The molecule has 0 saturated heterocycles. The molecule has 0 atom stereocenters. The number of ether oxygens (including phenoxy) is 2. The lowest BCUT2D eigenvalue weighted by Gasteiger charge is -2.16. The molecule has 0 saturated carbocycles. The van der Waals surface area contributed by atoms with Crippen LogP contribution < -0.4 is 5.73 Å². The quantitative estimate of drug-likeness (QED) is 0.162. The Bertz CT molecular complexity index is 1370. The third kappa shape index (κ3) is 5.56. The minimum atomic E-state index is -0.714. The lowest BCUT2D eigenvalue weighted by atomic mass is 9.89. The van der Waals surface area contributed by atoms with E-state index in [0.717, 1.165) is 24.8 Å². The van der Waals surface area contributed by atoms with E-state index < -0.39 is 16.9 Å². The van der Waals surface area contributed by atoms with Crippen molar-refractivity contribution in [2.45, 2.75) is 53.0 Å². The molecule has 194 valence electrons.